The second-order valence-corrected chi connectivity index (χ2v) is 11.7. The molecule has 1 aliphatic rings. The number of fused-ring (bicyclic) bond motifs is 1. The first-order valence-corrected chi connectivity index (χ1v) is 14.1. The Morgan fingerprint density at radius 3 is 2.45 bits per heavy atom. The maximum Gasteiger partial charge on any atom is 0.251 e. The predicted octanol–water partition coefficient (Wildman–Crippen LogP) is 3.87. The maximum absolute atomic E-state index is 13.7. The number of thioether (sulfide) groups is 1. The van der Waals surface area contributed by atoms with Gasteiger partial charge in [-0.15, -0.1) is 0 Å². The van der Waals surface area contributed by atoms with E-state index in [4.69, 9.17) is 0 Å². The Morgan fingerprint density at radius 2 is 1.79 bits per heavy atom. The van der Waals surface area contributed by atoms with Crippen LogP contribution in [0.4, 0.5) is 8.78 Å². The van der Waals surface area contributed by atoms with E-state index in [-0.39, 0.29) is 35.6 Å². The summed E-state index contributed by atoms with van der Waals surface area (Å²) in [4.78, 5) is 17.9. The van der Waals surface area contributed by atoms with Gasteiger partial charge in [0.1, 0.15) is 11.6 Å². The molecule has 2 heterocycles. The highest BCUT2D eigenvalue weighted by Crippen LogP contribution is 2.25. The van der Waals surface area contributed by atoms with Crippen molar-refractivity contribution in [2.75, 3.05) is 25.1 Å². The number of carbonyl (C=O) groups excluding carboxylic acids is 1. The fraction of sp³-hybridized carbons (Fsp3) is 0.364. The van der Waals surface area contributed by atoms with Gasteiger partial charge in [-0.2, -0.15) is 21.1 Å². The molecule has 1 aromatic heterocycles. The van der Waals surface area contributed by atoms with Crippen molar-refractivity contribution >= 4 is 49.2 Å². The first kappa shape index (κ1) is 24.1. The van der Waals surface area contributed by atoms with Crippen molar-refractivity contribution in [3.63, 3.8) is 0 Å². The van der Waals surface area contributed by atoms with Crippen LogP contribution in [0.5, 0.6) is 0 Å². The van der Waals surface area contributed by atoms with E-state index in [0.717, 1.165) is 28.1 Å². The number of aromatic nitrogens is 1. The third kappa shape index (κ3) is 5.21. The van der Waals surface area contributed by atoms with E-state index >= 15 is 0 Å². The summed E-state index contributed by atoms with van der Waals surface area (Å²) < 4.78 is 56.4. The number of piperidine rings is 1. The van der Waals surface area contributed by atoms with Gasteiger partial charge in [0.2, 0.25) is 10.0 Å². The highest BCUT2D eigenvalue weighted by atomic mass is 32.2. The number of halogens is 2. The Morgan fingerprint density at radius 1 is 1.12 bits per heavy atom. The van der Waals surface area contributed by atoms with Gasteiger partial charge in [0.15, 0.2) is 4.80 Å². The zero-order valence-corrected chi connectivity index (χ0v) is 20.4. The highest BCUT2D eigenvalue weighted by Gasteiger charge is 2.32. The minimum Gasteiger partial charge on any atom is -0.316 e. The minimum absolute atomic E-state index is 0.0331. The van der Waals surface area contributed by atoms with Gasteiger partial charge in [0, 0.05) is 31.3 Å². The van der Waals surface area contributed by atoms with Gasteiger partial charge in [-0.25, -0.2) is 17.2 Å². The van der Waals surface area contributed by atoms with Crippen LogP contribution >= 0.6 is 23.1 Å². The molecule has 6 nitrogen and oxygen atoms in total. The second-order valence-electron chi connectivity index (χ2n) is 7.72. The standard InChI is InChI=1S/C22H23F2N3O3S3/c1-31-13-12-27-19-7-4-17(24)14-20(19)32-22(27)25-21(28)15-8-10-26(11-9-15)33(29,30)18-5-2-16(23)3-6-18/h2-7,14-15H,8-13H2,1H3. The number of hydrogen-bond acceptors (Lipinski definition) is 5. The lowest BCUT2D eigenvalue weighted by molar-refractivity contribution is -0.122. The summed E-state index contributed by atoms with van der Waals surface area (Å²) in [5, 5.41) is 0. The molecule has 0 radical (unpaired) electrons. The number of nitrogens with zero attached hydrogens (tertiary/aromatic N) is 3. The summed E-state index contributed by atoms with van der Waals surface area (Å²) in [6.45, 7) is 1.03. The molecular formula is C22H23F2N3O3S3. The quantitative estimate of drug-likeness (QED) is 0.504. The lowest BCUT2D eigenvalue weighted by Crippen LogP contribution is -2.40. The van der Waals surface area contributed by atoms with E-state index in [0.29, 0.717) is 24.2 Å². The smallest absolute Gasteiger partial charge is 0.251 e. The molecule has 0 bridgehead atoms. The number of benzene rings is 2. The molecule has 0 saturated carbocycles. The fourth-order valence-corrected chi connectivity index (χ4v) is 6.74. The summed E-state index contributed by atoms with van der Waals surface area (Å²) >= 11 is 2.94. The molecule has 4 rings (SSSR count). The van der Waals surface area contributed by atoms with Crippen molar-refractivity contribution in [3.05, 3.63) is 58.9 Å². The van der Waals surface area contributed by atoms with Gasteiger partial charge in [-0.05, 0) is 61.6 Å². The van der Waals surface area contributed by atoms with Crippen molar-refractivity contribution in [3.8, 4) is 0 Å². The molecule has 0 atom stereocenters. The van der Waals surface area contributed by atoms with Crippen LogP contribution in [0.3, 0.4) is 0 Å². The molecule has 2 aromatic carbocycles. The summed E-state index contributed by atoms with van der Waals surface area (Å²) in [6.07, 6.45) is 2.70. The van der Waals surface area contributed by atoms with Gasteiger partial charge in [0.25, 0.3) is 5.91 Å². The topological polar surface area (TPSA) is 71.7 Å². The highest BCUT2D eigenvalue weighted by molar-refractivity contribution is 7.98. The molecule has 33 heavy (non-hydrogen) atoms. The van der Waals surface area contributed by atoms with Crippen LogP contribution in [0, 0.1) is 17.6 Å². The van der Waals surface area contributed by atoms with Crippen LogP contribution < -0.4 is 4.80 Å². The van der Waals surface area contributed by atoms with Gasteiger partial charge in [-0.1, -0.05) is 11.3 Å². The summed E-state index contributed by atoms with van der Waals surface area (Å²) in [5.74, 6) is -0.698. The SMILES string of the molecule is CSCCn1c(=NC(=O)C2CCN(S(=O)(=O)c3ccc(F)cc3)CC2)sc2cc(F)ccc21. The van der Waals surface area contributed by atoms with E-state index < -0.39 is 15.8 Å². The lowest BCUT2D eigenvalue weighted by Gasteiger charge is -2.29. The molecule has 1 amide bonds. The van der Waals surface area contributed by atoms with Crippen molar-refractivity contribution < 1.29 is 22.0 Å². The monoisotopic (exact) mass is 511 g/mol. The van der Waals surface area contributed by atoms with E-state index in [1.807, 2.05) is 10.8 Å². The Bertz CT molecular complexity index is 1330. The molecule has 0 spiro atoms. The first-order valence-electron chi connectivity index (χ1n) is 10.4. The van der Waals surface area contributed by atoms with E-state index in [9.17, 15) is 22.0 Å². The predicted molar refractivity (Wildman–Crippen MR) is 127 cm³/mol. The molecule has 1 aliphatic heterocycles. The number of sulfonamides is 1. The van der Waals surface area contributed by atoms with Crippen molar-refractivity contribution in [2.24, 2.45) is 10.9 Å². The van der Waals surface area contributed by atoms with E-state index in [1.54, 1.807) is 17.8 Å². The third-order valence-electron chi connectivity index (χ3n) is 5.62. The van der Waals surface area contributed by atoms with Crippen LogP contribution in [0.1, 0.15) is 12.8 Å². The summed E-state index contributed by atoms with van der Waals surface area (Å²) in [6, 6.07) is 9.26. The number of hydrogen-bond donors (Lipinski definition) is 0. The van der Waals surface area contributed by atoms with Crippen LogP contribution in [0.2, 0.25) is 0 Å². The molecule has 1 fully saturated rings. The first-order chi connectivity index (χ1) is 15.8. The van der Waals surface area contributed by atoms with Gasteiger partial charge in [0.05, 0.1) is 15.1 Å². The van der Waals surface area contributed by atoms with Crippen molar-refractivity contribution in [2.45, 2.75) is 24.3 Å². The van der Waals surface area contributed by atoms with Crippen molar-refractivity contribution in [1.82, 2.24) is 8.87 Å². The fourth-order valence-electron chi connectivity index (χ4n) is 3.82. The normalized spacial score (nSPS) is 16.5. The van der Waals surface area contributed by atoms with Crippen LogP contribution in [-0.4, -0.2) is 48.3 Å². The third-order valence-corrected chi connectivity index (χ3v) is 9.17. The Hall–Kier alpha value is -2.08. The summed E-state index contributed by atoms with van der Waals surface area (Å²) in [5.41, 5.74) is 0.835. The average Bonchev–Trinajstić information content (AvgIpc) is 3.13. The Labute approximate surface area is 199 Å². The Balaban J connectivity index is 1.52. The number of thiazole rings is 1. The molecule has 11 heteroatoms. The van der Waals surface area contributed by atoms with Gasteiger partial charge < -0.3 is 4.57 Å². The number of carbonyl (C=O) groups is 1. The molecule has 3 aromatic rings. The van der Waals surface area contributed by atoms with E-state index in [2.05, 4.69) is 4.99 Å². The maximum atomic E-state index is 13.7. The minimum atomic E-state index is -3.74. The lowest BCUT2D eigenvalue weighted by atomic mass is 9.98. The molecular weight excluding hydrogens is 488 g/mol. The number of aryl methyl sites for hydroxylation is 1. The molecule has 0 N–H and O–H groups in total. The molecule has 176 valence electrons. The van der Waals surface area contributed by atoms with Gasteiger partial charge in [-0.3, -0.25) is 4.79 Å². The average molecular weight is 512 g/mol. The van der Waals surface area contributed by atoms with Crippen LogP contribution in [0.25, 0.3) is 10.2 Å². The molecule has 1 saturated heterocycles. The zero-order valence-electron chi connectivity index (χ0n) is 17.9. The largest absolute Gasteiger partial charge is 0.316 e. The van der Waals surface area contributed by atoms with Crippen LogP contribution in [-0.2, 0) is 21.4 Å². The second kappa shape index (κ2) is 10.0. The van der Waals surface area contributed by atoms with Crippen molar-refractivity contribution in [1.29, 1.82) is 0 Å². The van der Waals surface area contributed by atoms with Gasteiger partial charge >= 0.3 is 0 Å². The number of amides is 1. The molecule has 0 aliphatic carbocycles. The summed E-state index contributed by atoms with van der Waals surface area (Å²) in [7, 11) is -3.74. The van der Waals surface area contributed by atoms with Crippen LogP contribution in [0.15, 0.2) is 52.4 Å². The Kier molecular flexibility index (Phi) is 7.32. The zero-order chi connectivity index (χ0) is 23.6. The number of rotatable bonds is 6. The van der Waals surface area contributed by atoms with E-state index in [1.165, 1.54) is 39.9 Å². The molecule has 0 unspecified atom stereocenters.